The number of carbonyl (C=O) groups is 2. The van der Waals surface area contributed by atoms with Crippen molar-refractivity contribution in [1.82, 2.24) is 5.32 Å². The molecule has 0 unspecified atom stereocenters. The van der Waals surface area contributed by atoms with E-state index in [1.807, 2.05) is 0 Å². The molecule has 34 heavy (non-hydrogen) atoms. The van der Waals surface area contributed by atoms with Crippen LogP contribution in [-0.2, 0) is 16.1 Å². The molecule has 4 rings (SSSR count). The molecular weight excluding hydrogens is 480 g/mol. The smallest absolute Gasteiger partial charge is 0.373 e. The number of benzene rings is 2. The number of nitrogens with zero attached hydrogens (tertiary/aromatic N) is 1. The number of aliphatic imine (C=N–C) groups is 1. The van der Waals surface area contributed by atoms with Crippen molar-refractivity contribution in [3.05, 3.63) is 81.6 Å². The van der Waals surface area contributed by atoms with Gasteiger partial charge in [0.1, 0.15) is 12.4 Å². The first-order valence-corrected chi connectivity index (χ1v) is 11.2. The number of hydrogen-bond acceptors (Lipinski definition) is 8. The van der Waals surface area contributed by atoms with Gasteiger partial charge in [0.15, 0.2) is 16.7 Å². The standard InChI is InChI=1S/C24H19ClN2O6S/c1-30-20-11-14(3-9-18(20)32-13-17-8-10-19(33-17)23(29)31-2)12-21-22(28)27-24(34-21)26-16-6-4-15(25)5-7-16/h3-12H,13H2,1-2H3,(H,26,27,28)/b21-12+. The van der Waals surface area contributed by atoms with E-state index in [1.165, 1.54) is 32.0 Å². The minimum absolute atomic E-state index is 0.0938. The number of amides is 1. The van der Waals surface area contributed by atoms with Crippen LogP contribution in [0.3, 0.4) is 0 Å². The van der Waals surface area contributed by atoms with Gasteiger partial charge in [-0.2, -0.15) is 0 Å². The van der Waals surface area contributed by atoms with E-state index < -0.39 is 5.97 Å². The number of esters is 1. The monoisotopic (exact) mass is 498 g/mol. The van der Waals surface area contributed by atoms with E-state index in [0.29, 0.717) is 38.0 Å². The Morgan fingerprint density at radius 3 is 2.65 bits per heavy atom. The molecular formula is C24H19ClN2O6S. The third kappa shape index (κ3) is 5.62. The molecule has 2 heterocycles. The summed E-state index contributed by atoms with van der Waals surface area (Å²) in [4.78, 5) is 28.8. The summed E-state index contributed by atoms with van der Waals surface area (Å²) in [5.74, 6) is 0.718. The number of rotatable bonds is 7. The maximum absolute atomic E-state index is 12.4. The van der Waals surface area contributed by atoms with E-state index in [0.717, 1.165) is 5.56 Å². The van der Waals surface area contributed by atoms with Gasteiger partial charge in [-0.1, -0.05) is 17.7 Å². The van der Waals surface area contributed by atoms with Gasteiger partial charge in [-0.25, -0.2) is 9.79 Å². The van der Waals surface area contributed by atoms with Crippen molar-refractivity contribution in [2.24, 2.45) is 4.99 Å². The van der Waals surface area contributed by atoms with Crippen molar-refractivity contribution >= 4 is 52.2 Å². The van der Waals surface area contributed by atoms with E-state index in [2.05, 4.69) is 15.0 Å². The summed E-state index contributed by atoms with van der Waals surface area (Å²) in [6, 6.07) is 15.5. The van der Waals surface area contributed by atoms with Crippen LogP contribution >= 0.6 is 23.4 Å². The first-order chi connectivity index (χ1) is 16.4. The Kier molecular flexibility index (Phi) is 7.24. The number of nitrogens with one attached hydrogen (secondary N) is 1. The van der Waals surface area contributed by atoms with Crippen LogP contribution in [0.25, 0.3) is 6.08 Å². The minimum Gasteiger partial charge on any atom is -0.493 e. The van der Waals surface area contributed by atoms with Gasteiger partial charge in [0.25, 0.3) is 5.91 Å². The van der Waals surface area contributed by atoms with Gasteiger partial charge in [-0.3, -0.25) is 4.79 Å². The highest BCUT2D eigenvalue weighted by molar-refractivity contribution is 8.18. The Balaban J connectivity index is 1.45. The zero-order valence-corrected chi connectivity index (χ0v) is 19.7. The Morgan fingerprint density at radius 1 is 1.12 bits per heavy atom. The zero-order valence-electron chi connectivity index (χ0n) is 18.2. The van der Waals surface area contributed by atoms with E-state index in [4.69, 9.17) is 25.5 Å². The van der Waals surface area contributed by atoms with Crippen molar-refractivity contribution < 1.29 is 28.2 Å². The van der Waals surface area contributed by atoms with Gasteiger partial charge in [-0.15, -0.1) is 0 Å². The average Bonchev–Trinajstić information content (AvgIpc) is 3.45. The van der Waals surface area contributed by atoms with Gasteiger partial charge in [0, 0.05) is 5.02 Å². The van der Waals surface area contributed by atoms with E-state index in [9.17, 15) is 9.59 Å². The predicted octanol–water partition coefficient (Wildman–Crippen LogP) is 5.20. The molecule has 3 aromatic rings. The van der Waals surface area contributed by atoms with Crippen molar-refractivity contribution in [3.8, 4) is 11.5 Å². The molecule has 1 saturated heterocycles. The number of halogens is 1. The summed E-state index contributed by atoms with van der Waals surface area (Å²) in [5.41, 5.74) is 1.44. The molecule has 1 fully saturated rings. The van der Waals surface area contributed by atoms with Crippen LogP contribution in [0, 0.1) is 0 Å². The number of carbonyl (C=O) groups excluding carboxylic acids is 2. The Hall–Kier alpha value is -3.69. The summed E-state index contributed by atoms with van der Waals surface area (Å²) < 4.78 is 21.2. The number of methoxy groups -OCH3 is 2. The molecule has 1 aromatic heterocycles. The van der Waals surface area contributed by atoms with Crippen LogP contribution in [-0.4, -0.2) is 31.3 Å². The fraction of sp³-hybridized carbons (Fsp3) is 0.125. The lowest BCUT2D eigenvalue weighted by molar-refractivity contribution is -0.115. The van der Waals surface area contributed by atoms with E-state index in [-0.39, 0.29) is 18.3 Å². The normalized spacial score (nSPS) is 15.4. The summed E-state index contributed by atoms with van der Waals surface area (Å²) in [7, 11) is 2.80. The highest BCUT2D eigenvalue weighted by Crippen LogP contribution is 2.33. The lowest BCUT2D eigenvalue weighted by Crippen LogP contribution is -2.19. The third-order valence-electron chi connectivity index (χ3n) is 4.61. The molecule has 10 heteroatoms. The highest BCUT2D eigenvalue weighted by Gasteiger charge is 2.24. The van der Waals surface area contributed by atoms with Crippen LogP contribution in [0.4, 0.5) is 5.69 Å². The molecule has 0 spiro atoms. The molecule has 1 aliphatic heterocycles. The summed E-state index contributed by atoms with van der Waals surface area (Å²) in [5, 5.41) is 3.85. The summed E-state index contributed by atoms with van der Waals surface area (Å²) in [6.45, 7) is 0.0938. The second-order valence-corrected chi connectivity index (χ2v) is 8.38. The van der Waals surface area contributed by atoms with Crippen molar-refractivity contribution in [1.29, 1.82) is 0 Å². The van der Waals surface area contributed by atoms with Crippen LogP contribution in [0.15, 0.2) is 68.9 Å². The van der Waals surface area contributed by atoms with Gasteiger partial charge in [0.2, 0.25) is 5.76 Å². The van der Waals surface area contributed by atoms with Crippen molar-refractivity contribution in [2.75, 3.05) is 14.2 Å². The molecule has 0 aliphatic carbocycles. The maximum Gasteiger partial charge on any atom is 0.373 e. The topological polar surface area (TPSA) is 99.4 Å². The number of ether oxygens (including phenoxy) is 3. The Morgan fingerprint density at radius 2 is 1.91 bits per heavy atom. The molecule has 1 amide bonds. The van der Waals surface area contributed by atoms with E-state index >= 15 is 0 Å². The average molecular weight is 499 g/mol. The van der Waals surface area contributed by atoms with Crippen LogP contribution in [0.1, 0.15) is 21.9 Å². The van der Waals surface area contributed by atoms with Gasteiger partial charge in [-0.05, 0) is 71.9 Å². The molecule has 1 aliphatic rings. The Labute approximate surface area is 204 Å². The van der Waals surface area contributed by atoms with Crippen molar-refractivity contribution in [3.63, 3.8) is 0 Å². The number of furan rings is 1. The number of amidine groups is 1. The predicted molar refractivity (Wildman–Crippen MR) is 130 cm³/mol. The molecule has 0 atom stereocenters. The van der Waals surface area contributed by atoms with Crippen molar-refractivity contribution in [2.45, 2.75) is 6.61 Å². The molecule has 1 N–H and O–H groups in total. The Bertz CT molecular complexity index is 1280. The molecule has 2 aromatic carbocycles. The SMILES string of the molecule is COC(=O)c1ccc(COc2ccc(/C=C3/SC(=Nc4ccc(Cl)cc4)NC3=O)cc2OC)o1. The fourth-order valence-corrected chi connectivity index (χ4v) is 3.94. The van der Waals surface area contributed by atoms with Gasteiger partial charge < -0.3 is 23.9 Å². The van der Waals surface area contributed by atoms with E-state index in [1.54, 1.807) is 54.6 Å². The largest absolute Gasteiger partial charge is 0.493 e. The zero-order chi connectivity index (χ0) is 24.1. The number of hydrogen-bond donors (Lipinski definition) is 1. The first kappa shape index (κ1) is 23.5. The first-order valence-electron chi connectivity index (χ1n) is 9.98. The van der Waals surface area contributed by atoms with Crippen LogP contribution in [0.2, 0.25) is 5.02 Å². The second kappa shape index (κ2) is 10.5. The molecule has 174 valence electrons. The van der Waals surface area contributed by atoms with Gasteiger partial charge >= 0.3 is 5.97 Å². The van der Waals surface area contributed by atoms with Crippen LogP contribution in [0.5, 0.6) is 11.5 Å². The molecule has 0 bridgehead atoms. The molecule has 8 nitrogen and oxygen atoms in total. The second-order valence-electron chi connectivity index (χ2n) is 6.91. The lowest BCUT2D eigenvalue weighted by atomic mass is 10.2. The molecule has 0 radical (unpaired) electrons. The minimum atomic E-state index is -0.559. The summed E-state index contributed by atoms with van der Waals surface area (Å²) in [6.07, 6.45) is 1.74. The summed E-state index contributed by atoms with van der Waals surface area (Å²) >= 11 is 7.14. The fourth-order valence-electron chi connectivity index (χ4n) is 2.97. The highest BCUT2D eigenvalue weighted by atomic mass is 35.5. The quantitative estimate of drug-likeness (QED) is 0.353. The maximum atomic E-state index is 12.4. The van der Waals surface area contributed by atoms with Crippen LogP contribution < -0.4 is 14.8 Å². The third-order valence-corrected chi connectivity index (χ3v) is 5.77. The van der Waals surface area contributed by atoms with Gasteiger partial charge in [0.05, 0.1) is 24.8 Å². The number of thioether (sulfide) groups is 1. The molecule has 0 saturated carbocycles. The lowest BCUT2D eigenvalue weighted by Gasteiger charge is -2.10.